The number of imidazole rings is 2. The lowest BCUT2D eigenvalue weighted by Gasteiger charge is -2.25. The number of rotatable bonds is 23. The Balaban J connectivity index is 0.000000291. The number of carbonyl (C=O) groups excluding carboxylic acids is 9. The number of Topliss-reactive ketones (excluding diaryl/α,β-unsaturated/α-hetero) is 1. The smallest absolute Gasteiger partial charge is 0.338 e. The van der Waals surface area contributed by atoms with Crippen molar-refractivity contribution in [2.45, 2.75) is 87.7 Å². The SMILES string of the molecule is CCOC(=O)CC(C)=O.CCOC(=O)Cc1ncnc2c1ncn2C1OC(COC(=O)c2ccccc2)[C@@H](OC(=O)c2ccccc2)[C@H]1OC(=O)c1ccccc1.CS(=O)(=O)c1ncnc2c1ncn2C1OC(COC(=O)c2ccccc2)[C@@H](OC(=O)c2ccccc2)[C@H]1OC(=O)c1ccccc1.[HH].[HH].[HH].[HH]. The molecule has 2 aliphatic rings. The van der Waals surface area contributed by atoms with Crippen LogP contribution in [0.4, 0.5) is 0 Å². The molecule has 29 nitrogen and oxygen atoms in total. The van der Waals surface area contributed by atoms with Gasteiger partial charge >= 0.3 is 47.8 Å². The molecule has 10 aromatic rings. The number of hydrogen-bond acceptors (Lipinski definition) is 27. The normalized spacial score (nSPS) is 18.1. The summed E-state index contributed by atoms with van der Waals surface area (Å²) >= 11 is 0. The summed E-state index contributed by atoms with van der Waals surface area (Å²) < 4.78 is 85.0. The number of ether oxygens (including phenoxy) is 10. The summed E-state index contributed by atoms with van der Waals surface area (Å²) in [6, 6.07) is 49.5. The lowest BCUT2D eigenvalue weighted by Crippen LogP contribution is -2.41. The van der Waals surface area contributed by atoms with E-state index >= 15 is 0 Å². The van der Waals surface area contributed by atoms with E-state index in [0.29, 0.717) is 23.4 Å². The highest BCUT2D eigenvalue weighted by Gasteiger charge is 2.53. The Hall–Kier alpha value is -12.3. The number of fused-ring (bicyclic) bond motifs is 2. The minimum absolute atomic E-state index is 0. The highest BCUT2D eigenvalue weighted by molar-refractivity contribution is 7.90. The highest BCUT2D eigenvalue weighted by Crippen LogP contribution is 2.39. The third-order valence-electron chi connectivity index (χ3n) is 15.3. The van der Waals surface area contributed by atoms with Crippen molar-refractivity contribution >= 4 is 85.7 Å². The van der Waals surface area contributed by atoms with E-state index in [0.717, 1.165) is 12.6 Å². The Morgan fingerprint density at radius 2 is 0.748 bits per heavy atom. The van der Waals surface area contributed by atoms with Gasteiger partial charge in [0.2, 0.25) is 0 Å². The summed E-state index contributed by atoms with van der Waals surface area (Å²) in [5, 5.41) is -0.313. The molecule has 0 aliphatic carbocycles. The summed E-state index contributed by atoms with van der Waals surface area (Å²) in [5.41, 5.74) is 2.39. The van der Waals surface area contributed by atoms with Crippen LogP contribution in [0, 0.1) is 0 Å². The van der Waals surface area contributed by atoms with Gasteiger partial charge in [0.15, 0.2) is 63.0 Å². The van der Waals surface area contributed by atoms with E-state index in [2.05, 4.69) is 34.6 Å². The molecular formula is C73H74N8O21S. The molecule has 538 valence electrons. The number of sulfone groups is 1. The predicted octanol–water partition coefficient (Wildman–Crippen LogP) is 9.09. The molecule has 4 aromatic heterocycles. The molecule has 4 unspecified atom stereocenters. The second-order valence-corrected chi connectivity index (χ2v) is 24.5. The first-order valence-corrected chi connectivity index (χ1v) is 33.8. The molecule has 6 heterocycles. The molecule has 0 saturated carbocycles. The Kier molecular flexibility index (Phi) is 24.7. The van der Waals surface area contributed by atoms with Crippen molar-refractivity contribution in [2.24, 2.45) is 0 Å². The van der Waals surface area contributed by atoms with Crippen LogP contribution in [0.2, 0.25) is 0 Å². The molecule has 2 aliphatic heterocycles. The standard InChI is InChI=1S/C35H30N4O9.C32H26N4O9S.C6H10O3.4H2/c1-2-44-27(40)18-25-28-31(37-20-36-25)39(21-38-28)32-30(48-35(43)24-16-10-5-11-17-24)29(47-34(42)23-14-8-4-9-15-23)26(46-32)19-45-33(41)22-12-6-3-7-13-22;1-46(40,41)28-24-27(33-18-34-28)36(19-35-24)29-26(45-32(39)22-15-9-4-10-16-22)25(44-31(38)21-13-7-3-8-14-21)23(43-29)17-42-30(37)20-11-5-2-6-12-20;1-3-9-6(8)4-5(2)7;;;;/h3-17,20-21,26,29-30,32H,2,18-19H2,1H3;2-16,18-19,23,25-26,29H,17H2,1H3;3-4H2,1-2H3;4*1H/t26?,29-,30-,32?;23?,25-,26-,29?;;;;;/m11...../s1. The van der Waals surface area contributed by atoms with Gasteiger partial charge in [-0.3, -0.25) is 23.5 Å². The van der Waals surface area contributed by atoms with Crippen molar-refractivity contribution in [3.63, 3.8) is 0 Å². The predicted molar refractivity (Wildman–Crippen MR) is 368 cm³/mol. The first-order chi connectivity index (χ1) is 49.8. The van der Waals surface area contributed by atoms with E-state index in [1.165, 1.54) is 35.0 Å². The molecule has 0 amide bonds. The molecule has 2 saturated heterocycles. The summed E-state index contributed by atoms with van der Waals surface area (Å²) in [7, 11) is -3.80. The second kappa shape index (κ2) is 34.7. The van der Waals surface area contributed by atoms with Crippen LogP contribution in [0.5, 0.6) is 0 Å². The maximum Gasteiger partial charge on any atom is 0.338 e. The van der Waals surface area contributed by atoms with Gasteiger partial charge in [0.05, 0.1) is 71.4 Å². The van der Waals surface area contributed by atoms with E-state index in [9.17, 15) is 51.6 Å². The van der Waals surface area contributed by atoms with Crippen LogP contribution in [0.25, 0.3) is 22.3 Å². The zero-order valence-electron chi connectivity index (χ0n) is 55.6. The van der Waals surface area contributed by atoms with Gasteiger partial charge in [-0.25, -0.2) is 67.1 Å². The summed E-state index contributed by atoms with van der Waals surface area (Å²) in [6.45, 7) is 4.55. The van der Waals surface area contributed by atoms with Crippen LogP contribution in [-0.2, 0) is 78.0 Å². The minimum atomic E-state index is -3.80. The van der Waals surface area contributed by atoms with Crippen molar-refractivity contribution in [3.05, 3.63) is 246 Å². The number of benzene rings is 6. The molecule has 103 heavy (non-hydrogen) atoms. The van der Waals surface area contributed by atoms with Crippen molar-refractivity contribution in [1.29, 1.82) is 0 Å². The lowest BCUT2D eigenvalue weighted by molar-refractivity contribution is -0.145. The van der Waals surface area contributed by atoms with Crippen molar-refractivity contribution in [3.8, 4) is 0 Å². The van der Waals surface area contributed by atoms with Crippen LogP contribution in [0.3, 0.4) is 0 Å². The average molecular weight is 1430 g/mol. The molecular weight excluding hydrogens is 1360 g/mol. The topological polar surface area (TPSA) is 367 Å². The van der Waals surface area contributed by atoms with Gasteiger partial charge in [-0.1, -0.05) is 109 Å². The lowest BCUT2D eigenvalue weighted by atomic mass is 10.1. The third kappa shape index (κ3) is 18.8. The van der Waals surface area contributed by atoms with Crippen molar-refractivity contribution < 1.29 is 105 Å². The van der Waals surface area contributed by atoms with Gasteiger partial charge < -0.3 is 47.4 Å². The van der Waals surface area contributed by atoms with Gasteiger partial charge in [-0.05, 0) is 93.6 Å². The first-order valence-electron chi connectivity index (χ1n) is 31.9. The fourth-order valence-electron chi connectivity index (χ4n) is 10.6. The van der Waals surface area contributed by atoms with Crippen LogP contribution >= 0.6 is 0 Å². The van der Waals surface area contributed by atoms with Crippen molar-refractivity contribution in [1.82, 2.24) is 39.0 Å². The summed E-state index contributed by atoms with van der Waals surface area (Å²) in [6.07, 6.45) is -4.12. The summed E-state index contributed by atoms with van der Waals surface area (Å²) in [5.74, 6) is -5.29. The number of aromatic nitrogens is 8. The monoisotopic (exact) mass is 1430 g/mol. The van der Waals surface area contributed by atoms with E-state index in [4.69, 9.17) is 42.6 Å². The van der Waals surface area contributed by atoms with Gasteiger partial charge in [0, 0.05) is 12.0 Å². The average Bonchev–Trinajstić information content (AvgIpc) is 1.62. The highest BCUT2D eigenvalue weighted by atomic mass is 32.2. The Morgan fingerprint density at radius 1 is 0.417 bits per heavy atom. The zero-order valence-corrected chi connectivity index (χ0v) is 56.4. The second-order valence-electron chi connectivity index (χ2n) is 22.6. The molecule has 2 fully saturated rings. The van der Waals surface area contributed by atoms with Crippen LogP contribution in [0.15, 0.2) is 212 Å². The molecule has 0 N–H and O–H groups in total. The van der Waals surface area contributed by atoms with Gasteiger partial charge in [0.1, 0.15) is 61.3 Å². The number of nitrogens with zero attached hydrogens (tertiary/aromatic N) is 8. The van der Waals surface area contributed by atoms with E-state index in [1.807, 2.05) is 0 Å². The molecule has 8 atom stereocenters. The van der Waals surface area contributed by atoms with Gasteiger partial charge in [0.25, 0.3) is 0 Å². The molecule has 30 heteroatoms. The quantitative estimate of drug-likeness (QED) is 0.0249. The molecule has 0 spiro atoms. The van der Waals surface area contributed by atoms with E-state index < -0.39 is 113 Å². The Labute approximate surface area is 593 Å². The number of esters is 8. The fourth-order valence-corrected chi connectivity index (χ4v) is 11.4. The minimum Gasteiger partial charge on any atom is -0.466 e. The maximum absolute atomic E-state index is 13.5. The van der Waals surface area contributed by atoms with Gasteiger partial charge in [-0.15, -0.1) is 0 Å². The summed E-state index contributed by atoms with van der Waals surface area (Å²) in [4.78, 5) is 138. The number of ketones is 1. The van der Waals surface area contributed by atoms with Gasteiger partial charge in [-0.2, -0.15) is 0 Å². The van der Waals surface area contributed by atoms with Crippen molar-refractivity contribution in [2.75, 3.05) is 32.7 Å². The zero-order chi connectivity index (χ0) is 73.0. The largest absolute Gasteiger partial charge is 0.466 e. The first kappa shape index (κ1) is 73.4. The molecule has 6 aromatic carbocycles. The Morgan fingerprint density at radius 3 is 1.11 bits per heavy atom. The van der Waals surface area contributed by atoms with E-state index in [1.54, 1.807) is 196 Å². The maximum atomic E-state index is 13.5. The van der Waals surface area contributed by atoms with E-state index in [-0.39, 0.29) is 87.2 Å². The third-order valence-corrected chi connectivity index (χ3v) is 16.3. The fraction of sp³-hybridized carbons (Fsp3) is 0.247. The Bertz CT molecular complexity index is 4770. The molecule has 0 bridgehead atoms. The molecule has 12 rings (SSSR count). The van der Waals surface area contributed by atoms with Crippen LogP contribution < -0.4 is 0 Å². The number of hydrogen-bond donors (Lipinski definition) is 0. The number of carbonyl (C=O) groups is 9. The van der Waals surface area contributed by atoms with Crippen LogP contribution in [-0.4, -0.2) is 170 Å². The molecule has 0 radical (unpaired) electrons. The van der Waals surface area contributed by atoms with Crippen LogP contribution in [0.1, 0.15) is 113 Å².